The Morgan fingerprint density at radius 1 is 1.30 bits per heavy atom. The zero-order valence-electron chi connectivity index (χ0n) is 12.6. The van der Waals surface area contributed by atoms with Gasteiger partial charge in [0, 0.05) is 37.8 Å². The molecule has 0 unspecified atom stereocenters. The van der Waals surface area contributed by atoms with Crippen LogP contribution in [-0.2, 0) is 6.18 Å². The van der Waals surface area contributed by atoms with Gasteiger partial charge in [0.15, 0.2) is 0 Å². The molecule has 0 aliphatic carbocycles. The number of piperazine rings is 1. The van der Waals surface area contributed by atoms with Crippen LogP contribution < -0.4 is 5.32 Å². The van der Waals surface area contributed by atoms with Gasteiger partial charge in [-0.3, -0.25) is 4.90 Å². The highest BCUT2D eigenvalue weighted by molar-refractivity contribution is 6.30. The molecule has 23 heavy (non-hydrogen) atoms. The van der Waals surface area contributed by atoms with E-state index in [2.05, 4.69) is 11.9 Å². The molecular formula is C16H19ClF4N2. The number of allylic oxidation sites excluding steroid dienone is 1. The number of alkyl halides is 3. The first-order chi connectivity index (χ1) is 10.8. The fourth-order valence-electron chi connectivity index (χ4n) is 2.82. The van der Waals surface area contributed by atoms with Crippen molar-refractivity contribution in [2.24, 2.45) is 0 Å². The lowest BCUT2D eigenvalue weighted by atomic mass is 9.96. The quantitative estimate of drug-likeness (QED) is 0.625. The van der Waals surface area contributed by atoms with E-state index < -0.39 is 28.6 Å². The first kappa shape index (κ1) is 18.2. The first-order valence-electron chi connectivity index (χ1n) is 7.46. The average molecular weight is 351 g/mol. The molecule has 2 nitrogen and oxygen atoms in total. The number of halogens is 5. The summed E-state index contributed by atoms with van der Waals surface area (Å²) >= 11 is 5.72. The minimum absolute atomic E-state index is 0.00794. The summed E-state index contributed by atoms with van der Waals surface area (Å²) < 4.78 is 53.5. The molecule has 0 bridgehead atoms. The molecule has 0 aromatic heterocycles. The van der Waals surface area contributed by atoms with Gasteiger partial charge in [0.25, 0.3) is 0 Å². The Kier molecular flexibility index (Phi) is 6.06. The van der Waals surface area contributed by atoms with Gasteiger partial charge in [0.2, 0.25) is 0 Å². The maximum Gasteiger partial charge on any atom is 0.416 e. The molecule has 0 radical (unpaired) electrons. The van der Waals surface area contributed by atoms with Crippen molar-refractivity contribution >= 4 is 11.6 Å². The summed E-state index contributed by atoms with van der Waals surface area (Å²) in [5.41, 5.74) is -0.911. The summed E-state index contributed by atoms with van der Waals surface area (Å²) in [6.07, 6.45) is -1.79. The molecule has 1 aliphatic rings. The predicted octanol–water partition coefficient (Wildman–Crippen LogP) is 4.41. The Morgan fingerprint density at radius 3 is 2.52 bits per heavy atom. The predicted molar refractivity (Wildman–Crippen MR) is 83.0 cm³/mol. The van der Waals surface area contributed by atoms with Crippen LogP contribution in [0.1, 0.15) is 30.0 Å². The number of rotatable bonds is 5. The second-order valence-corrected chi connectivity index (χ2v) is 5.93. The molecule has 1 heterocycles. The Bertz CT molecular complexity index is 554. The van der Waals surface area contributed by atoms with E-state index in [4.69, 9.17) is 11.6 Å². The topological polar surface area (TPSA) is 15.3 Å². The average Bonchev–Trinajstić information content (AvgIpc) is 2.51. The highest BCUT2D eigenvalue weighted by atomic mass is 35.5. The smallest absolute Gasteiger partial charge is 0.314 e. The minimum Gasteiger partial charge on any atom is -0.314 e. The molecular weight excluding hydrogens is 332 g/mol. The maximum absolute atomic E-state index is 14.4. The van der Waals surface area contributed by atoms with Crippen LogP contribution in [-0.4, -0.2) is 31.1 Å². The molecule has 1 aromatic rings. The van der Waals surface area contributed by atoms with Crippen LogP contribution in [0.25, 0.3) is 0 Å². The van der Waals surface area contributed by atoms with Gasteiger partial charge in [0.05, 0.1) is 10.6 Å². The molecule has 1 aromatic carbocycles. The molecule has 1 saturated heterocycles. The number of nitrogens with zero attached hydrogens (tertiary/aromatic N) is 1. The molecule has 0 spiro atoms. The molecule has 1 N–H and O–H groups in total. The van der Waals surface area contributed by atoms with E-state index in [0.29, 0.717) is 32.0 Å². The number of hydrogen-bond acceptors (Lipinski definition) is 2. The van der Waals surface area contributed by atoms with Gasteiger partial charge in [-0.05, 0) is 25.0 Å². The molecule has 1 atom stereocenters. The van der Waals surface area contributed by atoms with Crippen LogP contribution in [0.5, 0.6) is 0 Å². The lowest BCUT2D eigenvalue weighted by Gasteiger charge is -2.35. The first-order valence-corrected chi connectivity index (χ1v) is 7.84. The van der Waals surface area contributed by atoms with Crippen molar-refractivity contribution in [2.45, 2.75) is 25.1 Å². The van der Waals surface area contributed by atoms with Crippen LogP contribution in [0.4, 0.5) is 17.6 Å². The molecule has 0 amide bonds. The second-order valence-electron chi connectivity index (χ2n) is 5.53. The molecule has 128 valence electrons. The van der Waals surface area contributed by atoms with E-state index >= 15 is 0 Å². The number of benzene rings is 1. The van der Waals surface area contributed by atoms with Gasteiger partial charge in [-0.15, -0.1) is 6.58 Å². The van der Waals surface area contributed by atoms with Gasteiger partial charge < -0.3 is 5.32 Å². The van der Waals surface area contributed by atoms with Crippen molar-refractivity contribution in [1.82, 2.24) is 10.2 Å². The van der Waals surface area contributed by atoms with Crippen molar-refractivity contribution in [3.8, 4) is 0 Å². The third-order valence-electron chi connectivity index (χ3n) is 3.98. The Morgan fingerprint density at radius 2 is 1.96 bits per heavy atom. The zero-order valence-corrected chi connectivity index (χ0v) is 13.4. The lowest BCUT2D eigenvalue weighted by molar-refractivity contribution is -0.137. The van der Waals surface area contributed by atoms with Crippen molar-refractivity contribution in [2.75, 3.05) is 26.2 Å². The fraction of sp³-hybridized carbons (Fsp3) is 0.500. The van der Waals surface area contributed by atoms with E-state index in [9.17, 15) is 17.6 Å². The summed E-state index contributed by atoms with van der Waals surface area (Å²) in [5, 5.41) is 2.69. The zero-order chi connectivity index (χ0) is 17.0. The molecule has 1 aliphatic heterocycles. The number of hydrogen-bond donors (Lipinski definition) is 1. The normalized spacial score (nSPS) is 18.0. The van der Waals surface area contributed by atoms with E-state index in [1.54, 1.807) is 6.08 Å². The van der Waals surface area contributed by atoms with E-state index in [1.807, 2.05) is 4.90 Å². The fourth-order valence-corrected chi connectivity index (χ4v) is 3.05. The highest BCUT2D eigenvalue weighted by Crippen LogP contribution is 2.37. The van der Waals surface area contributed by atoms with E-state index in [-0.39, 0.29) is 5.56 Å². The van der Waals surface area contributed by atoms with Crippen molar-refractivity contribution < 1.29 is 17.6 Å². The highest BCUT2D eigenvalue weighted by Gasteiger charge is 2.34. The van der Waals surface area contributed by atoms with Crippen molar-refractivity contribution in [3.05, 3.63) is 46.8 Å². The lowest BCUT2D eigenvalue weighted by Crippen LogP contribution is -2.45. The summed E-state index contributed by atoms with van der Waals surface area (Å²) in [7, 11) is 0. The maximum atomic E-state index is 14.4. The van der Waals surface area contributed by atoms with Gasteiger partial charge in [0.1, 0.15) is 5.82 Å². The Labute approximate surface area is 138 Å². The van der Waals surface area contributed by atoms with Crippen LogP contribution in [0.2, 0.25) is 5.02 Å². The molecule has 1 fully saturated rings. The third kappa shape index (κ3) is 4.46. The summed E-state index contributed by atoms with van der Waals surface area (Å²) in [4.78, 5) is 1.99. The van der Waals surface area contributed by atoms with Crippen LogP contribution in [0.3, 0.4) is 0 Å². The van der Waals surface area contributed by atoms with E-state index in [1.165, 1.54) is 0 Å². The largest absolute Gasteiger partial charge is 0.416 e. The van der Waals surface area contributed by atoms with Crippen molar-refractivity contribution in [3.63, 3.8) is 0 Å². The standard InChI is InChI=1S/C16H19ClF4N2/c1-2-3-4-14(23-7-5-22-6-8-23)12-9-11(16(19,20)21)10-13(17)15(12)18/h2,9-10,14,22H,1,3-8H2/t14-/m0/s1. The number of nitrogens with one attached hydrogen (secondary N) is 1. The molecule has 7 heteroatoms. The van der Waals surface area contributed by atoms with Crippen LogP contribution >= 0.6 is 11.6 Å². The van der Waals surface area contributed by atoms with Gasteiger partial charge in [-0.1, -0.05) is 17.7 Å². The summed E-state index contributed by atoms with van der Waals surface area (Å²) in [6.45, 7) is 6.38. The summed E-state index contributed by atoms with van der Waals surface area (Å²) in [6, 6.07) is 1.08. The van der Waals surface area contributed by atoms with Gasteiger partial charge in [-0.25, -0.2) is 4.39 Å². The third-order valence-corrected chi connectivity index (χ3v) is 4.25. The second kappa shape index (κ2) is 7.64. The molecule has 0 saturated carbocycles. The van der Waals surface area contributed by atoms with Crippen LogP contribution in [0.15, 0.2) is 24.8 Å². The van der Waals surface area contributed by atoms with Gasteiger partial charge in [-0.2, -0.15) is 13.2 Å². The van der Waals surface area contributed by atoms with Crippen LogP contribution in [0, 0.1) is 5.82 Å². The van der Waals surface area contributed by atoms with Crippen molar-refractivity contribution in [1.29, 1.82) is 0 Å². The Balaban J connectivity index is 2.43. The monoisotopic (exact) mass is 350 g/mol. The Hall–Kier alpha value is -1.11. The SMILES string of the molecule is C=CCC[C@@H](c1cc(C(F)(F)F)cc(Cl)c1F)N1CCNCC1. The summed E-state index contributed by atoms with van der Waals surface area (Å²) in [5.74, 6) is -0.771. The molecule has 2 rings (SSSR count). The minimum atomic E-state index is -4.56. The van der Waals surface area contributed by atoms with Gasteiger partial charge >= 0.3 is 6.18 Å². The van der Waals surface area contributed by atoms with E-state index in [0.717, 1.165) is 19.2 Å².